The van der Waals surface area contributed by atoms with E-state index in [-0.39, 0.29) is 37.0 Å². The van der Waals surface area contributed by atoms with Crippen molar-refractivity contribution in [3.05, 3.63) is 77.9 Å². The molecular formula is C25H24F4N6O2S. The first-order valence-electron chi connectivity index (χ1n) is 11.9. The highest BCUT2D eigenvalue weighted by Gasteiger charge is 2.38. The summed E-state index contributed by atoms with van der Waals surface area (Å²) in [6.07, 6.45) is -2.37. The van der Waals surface area contributed by atoms with Crippen LogP contribution in [-0.2, 0) is 10.0 Å². The smallest absolute Gasteiger partial charge is 0.293 e. The van der Waals surface area contributed by atoms with E-state index in [9.17, 15) is 26.0 Å². The Kier molecular flexibility index (Phi) is 6.92. The zero-order chi connectivity index (χ0) is 27.1. The predicted octanol–water partition coefficient (Wildman–Crippen LogP) is 4.26. The minimum atomic E-state index is -4.34. The molecule has 1 saturated heterocycles. The second-order valence-corrected chi connectivity index (χ2v) is 11.0. The molecule has 1 fully saturated rings. The Balaban J connectivity index is 1.52. The van der Waals surface area contributed by atoms with Crippen LogP contribution < -0.4 is 0 Å². The van der Waals surface area contributed by atoms with Crippen molar-refractivity contribution in [2.75, 3.05) is 26.2 Å². The molecule has 2 aromatic heterocycles. The summed E-state index contributed by atoms with van der Waals surface area (Å²) in [5.41, 5.74) is 2.86. The third kappa shape index (κ3) is 5.26. The Hall–Kier alpha value is -3.42. The van der Waals surface area contributed by atoms with Crippen molar-refractivity contribution in [1.82, 2.24) is 29.2 Å². The number of aryl methyl sites for hydroxylation is 1. The fourth-order valence-electron chi connectivity index (χ4n) is 4.75. The molecule has 1 unspecified atom stereocenters. The average Bonchev–Trinajstić information content (AvgIpc) is 3.30. The number of fused-ring (bicyclic) bond motifs is 1. The molecule has 1 aliphatic heterocycles. The van der Waals surface area contributed by atoms with Gasteiger partial charge in [0.15, 0.2) is 5.03 Å². The fraction of sp³-hybridized carbons (Fsp3) is 0.320. The first-order valence-corrected chi connectivity index (χ1v) is 13.3. The zero-order valence-corrected chi connectivity index (χ0v) is 21.1. The minimum Gasteiger partial charge on any atom is -0.293 e. The topological polar surface area (TPSA) is 84.2 Å². The van der Waals surface area contributed by atoms with E-state index in [1.54, 1.807) is 27.9 Å². The normalized spacial score (nSPS) is 17.8. The molecule has 8 nitrogen and oxygen atoms in total. The Morgan fingerprint density at radius 1 is 1.08 bits per heavy atom. The lowest BCUT2D eigenvalue weighted by molar-refractivity contribution is -0.140. The Morgan fingerprint density at radius 3 is 2.53 bits per heavy atom. The molecule has 0 amide bonds. The van der Waals surface area contributed by atoms with Gasteiger partial charge in [0.1, 0.15) is 5.82 Å². The van der Waals surface area contributed by atoms with Crippen LogP contribution in [0.4, 0.5) is 17.6 Å². The molecular weight excluding hydrogens is 524 g/mol. The highest BCUT2D eigenvalue weighted by molar-refractivity contribution is 7.89. The number of hydrogen-bond acceptors (Lipinski definition) is 6. The van der Waals surface area contributed by atoms with Crippen molar-refractivity contribution in [3.63, 3.8) is 0 Å². The quantitative estimate of drug-likeness (QED) is 0.335. The van der Waals surface area contributed by atoms with Gasteiger partial charge in [-0.25, -0.2) is 17.5 Å². The summed E-state index contributed by atoms with van der Waals surface area (Å²) < 4.78 is 82.2. The van der Waals surface area contributed by atoms with E-state index in [1.807, 2.05) is 19.1 Å². The number of hydrogen-bond donors (Lipinski definition) is 0. The highest BCUT2D eigenvalue weighted by atomic mass is 32.2. The summed E-state index contributed by atoms with van der Waals surface area (Å²) in [5, 5.41) is 12.3. The van der Waals surface area contributed by atoms with E-state index in [0.717, 1.165) is 16.5 Å². The third-order valence-corrected chi connectivity index (χ3v) is 8.43. The molecule has 13 heteroatoms. The summed E-state index contributed by atoms with van der Waals surface area (Å²) in [6.45, 7) is 1.66. The van der Waals surface area contributed by atoms with Crippen LogP contribution >= 0.6 is 0 Å². The number of aromatic nitrogens is 4. The van der Waals surface area contributed by atoms with Crippen LogP contribution in [-0.4, -0.2) is 70.0 Å². The lowest BCUT2D eigenvalue weighted by atomic mass is 9.96. The fourth-order valence-corrected chi connectivity index (χ4v) is 6.07. The van der Waals surface area contributed by atoms with Gasteiger partial charge >= 0.3 is 6.18 Å². The van der Waals surface area contributed by atoms with Crippen LogP contribution in [0.1, 0.15) is 23.6 Å². The van der Waals surface area contributed by atoms with Crippen LogP contribution in [0, 0.1) is 12.7 Å². The molecule has 2 aromatic carbocycles. The van der Waals surface area contributed by atoms with Gasteiger partial charge in [0.05, 0.1) is 23.8 Å². The van der Waals surface area contributed by atoms with Gasteiger partial charge in [-0.1, -0.05) is 0 Å². The predicted molar refractivity (Wildman–Crippen MR) is 132 cm³/mol. The number of rotatable bonds is 6. The number of alkyl halides is 3. The highest BCUT2D eigenvalue weighted by Crippen LogP contribution is 2.34. The van der Waals surface area contributed by atoms with Gasteiger partial charge in [-0.15, -0.1) is 5.10 Å². The summed E-state index contributed by atoms with van der Waals surface area (Å²) in [6, 6.07) is 11.7. The van der Waals surface area contributed by atoms with E-state index in [4.69, 9.17) is 0 Å². The zero-order valence-electron chi connectivity index (χ0n) is 20.3. The third-order valence-electron chi connectivity index (χ3n) is 6.67. The summed E-state index contributed by atoms with van der Waals surface area (Å²) in [7, 11) is -4.00. The molecule has 0 radical (unpaired) electrons. The first kappa shape index (κ1) is 26.2. The van der Waals surface area contributed by atoms with Crippen LogP contribution in [0.15, 0.2) is 66.0 Å². The van der Waals surface area contributed by atoms with E-state index < -0.39 is 28.7 Å². The molecule has 200 valence electrons. The van der Waals surface area contributed by atoms with Gasteiger partial charge in [0.2, 0.25) is 0 Å². The van der Waals surface area contributed by atoms with Crippen LogP contribution in [0.25, 0.3) is 16.6 Å². The lowest BCUT2D eigenvalue weighted by Gasteiger charge is -2.41. The maximum atomic E-state index is 13.4. The lowest BCUT2D eigenvalue weighted by Crippen LogP contribution is -2.51. The number of halogens is 4. The monoisotopic (exact) mass is 548 g/mol. The van der Waals surface area contributed by atoms with Gasteiger partial charge < -0.3 is 0 Å². The van der Waals surface area contributed by atoms with Gasteiger partial charge in [0, 0.05) is 43.8 Å². The van der Waals surface area contributed by atoms with Gasteiger partial charge in [-0.05, 0) is 66.6 Å². The van der Waals surface area contributed by atoms with Crippen molar-refractivity contribution >= 4 is 20.9 Å². The second kappa shape index (κ2) is 10.0. The largest absolute Gasteiger partial charge is 0.390 e. The standard InChI is InChI=1S/C25H24F4N6O2S/c1-17-13-22-18(15-31-35(22)20-6-4-19(26)5-7-20)14-21(17)23-16-34(12-11-33(23)10-8-25(27,28)29)38(36,37)24-3-2-9-30-32-24/h2-7,9,13-15,23H,8,10-12,16H2,1H3. The molecule has 1 aliphatic rings. The number of sulfonamides is 1. The molecule has 1 atom stereocenters. The average molecular weight is 549 g/mol. The first-order chi connectivity index (χ1) is 18.0. The molecule has 38 heavy (non-hydrogen) atoms. The molecule has 0 saturated carbocycles. The summed E-state index contributed by atoms with van der Waals surface area (Å²) in [5.74, 6) is -0.374. The molecule has 0 aliphatic carbocycles. The second-order valence-electron chi connectivity index (χ2n) is 9.14. The Bertz CT molecular complexity index is 1540. The Morgan fingerprint density at radius 2 is 1.84 bits per heavy atom. The Labute approximate surface area is 216 Å². The number of benzene rings is 2. The maximum absolute atomic E-state index is 13.4. The van der Waals surface area contributed by atoms with Crippen molar-refractivity contribution in [3.8, 4) is 5.69 Å². The van der Waals surface area contributed by atoms with Crippen molar-refractivity contribution in [1.29, 1.82) is 0 Å². The van der Waals surface area contributed by atoms with E-state index in [2.05, 4.69) is 15.3 Å². The molecule has 4 aromatic rings. The van der Waals surface area contributed by atoms with Gasteiger partial charge in [-0.3, -0.25) is 4.90 Å². The molecule has 5 rings (SSSR count). The van der Waals surface area contributed by atoms with E-state index in [1.165, 1.54) is 34.8 Å². The van der Waals surface area contributed by atoms with Crippen molar-refractivity contribution < 1.29 is 26.0 Å². The molecule has 0 bridgehead atoms. The van der Waals surface area contributed by atoms with Crippen LogP contribution in [0.3, 0.4) is 0 Å². The van der Waals surface area contributed by atoms with Crippen molar-refractivity contribution in [2.45, 2.75) is 30.6 Å². The number of nitrogens with zero attached hydrogens (tertiary/aromatic N) is 6. The molecule has 3 heterocycles. The van der Waals surface area contributed by atoms with Crippen LogP contribution in [0.2, 0.25) is 0 Å². The summed E-state index contributed by atoms with van der Waals surface area (Å²) >= 11 is 0. The SMILES string of the molecule is Cc1cc2c(cnn2-c2ccc(F)cc2)cc1C1CN(S(=O)(=O)c2cccnn2)CCN1CCC(F)(F)F. The van der Waals surface area contributed by atoms with Gasteiger partial charge in [-0.2, -0.15) is 27.7 Å². The van der Waals surface area contributed by atoms with Gasteiger partial charge in [0.25, 0.3) is 10.0 Å². The molecule has 0 spiro atoms. The van der Waals surface area contributed by atoms with Crippen molar-refractivity contribution in [2.24, 2.45) is 0 Å². The van der Waals surface area contributed by atoms with E-state index >= 15 is 0 Å². The number of piperazine rings is 1. The maximum Gasteiger partial charge on any atom is 0.390 e. The summed E-state index contributed by atoms with van der Waals surface area (Å²) in [4.78, 5) is 1.68. The van der Waals surface area contributed by atoms with Crippen LogP contribution in [0.5, 0.6) is 0 Å². The minimum absolute atomic E-state index is 0.0249. The van der Waals surface area contributed by atoms with E-state index in [0.29, 0.717) is 11.3 Å². The molecule has 0 N–H and O–H groups in total.